The van der Waals surface area contributed by atoms with Gasteiger partial charge in [-0.05, 0) is 12.8 Å². The number of nitrogens with two attached hydrogens (primary N) is 1. The Kier molecular flexibility index (Phi) is 7.91. The second-order valence-electron chi connectivity index (χ2n) is 4.90. The molecule has 0 fully saturated rings. The summed E-state index contributed by atoms with van der Waals surface area (Å²) in [7, 11) is 1.63. The summed E-state index contributed by atoms with van der Waals surface area (Å²) < 4.78 is 5.08. The van der Waals surface area contributed by atoms with Gasteiger partial charge in [0.05, 0.1) is 0 Å². The SMILES string of the molecule is CCCCC(CCC)Nc1cc(NN)nc(COC)n1. The maximum atomic E-state index is 5.44. The summed E-state index contributed by atoms with van der Waals surface area (Å²) in [6.45, 7) is 4.78. The predicted octanol–water partition coefficient (Wildman–Crippen LogP) is 2.68. The Hall–Kier alpha value is -1.40. The van der Waals surface area contributed by atoms with E-state index in [4.69, 9.17) is 10.6 Å². The van der Waals surface area contributed by atoms with Gasteiger partial charge < -0.3 is 15.5 Å². The van der Waals surface area contributed by atoms with Crippen molar-refractivity contribution in [3.63, 3.8) is 0 Å². The molecular formula is C14H27N5O. The van der Waals surface area contributed by atoms with Gasteiger partial charge in [0.25, 0.3) is 0 Å². The van der Waals surface area contributed by atoms with Gasteiger partial charge in [-0.2, -0.15) is 0 Å². The molecule has 1 aromatic rings. The smallest absolute Gasteiger partial charge is 0.158 e. The summed E-state index contributed by atoms with van der Waals surface area (Å²) in [5.74, 6) is 7.46. The standard InChI is InChI=1S/C14H27N5O/c1-4-6-8-11(7-5-2)16-12-9-13(19-15)18-14(17-12)10-20-3/h9,11H,4-8,10,15H2,1-3H3,(H2,16,17,18,19). The molecule has 6 heteroatoms. The Balaban J connectivity index is 2.78. The van der Waals surface area contributed by atoms with Gasteiger partial charge >= 0.3 is 0 Å². The van der Waals surface area contributed by atoms with E-state index in [0.29, 0.717) is 24.3 Å². The highest BCUT2D eigenvalue weighted by atomic mass is 16.5. The van der Waals surface area contributed by atoms with Crippen LogP contribution in [0.4, 0.5) is 11.6 Å². The zero-order valence-corrected chi connectivity index (χ0v) is 12.8. The molecule has 0 saturated carbocycles. The summed E-state index contributed by atoms with van der Waals surface area (Å²) in [5, 5.41) is 3.49. The van der Waals surface area contributed by atoms with E-state index in [1.54, 1.807) is 7.11 Å². The van der Waals surface area contributed by atoms with Gasteiger partial charge in [0.1, 0.15) is 18.2 Å². The Morgan fingerprint density at radius 2 is 1.95 bits per heavy atom. The van der Waals surface area contributed by atoms with Crippen molar-refractivity contribution in [2.45, 2.75) is 58.6 Å². The minimum Gasteiger partial charge on any atom is -0.377 e. The minimum absolute atomic E-state index is 0.373. The van der Waals surface area contributed by atoms with Crippen molar-refractivity contribution in [2.24, 2.45) is 5.84 Å². The molecule has 0 amide bonds. The van der Waals surface area contributed by atoms with Gasteiger partial charge in [0.15, 0.2) is 5.82 Å². The van der Waals surface area contributed by atoms with Crippen LogP contribution in [0, 0.1) is 0 Å². The van der Waals surface area contributed by atoms with Crippen molar-refractivity contribution in [2.75, 3.05) is 17.9 Å². The van der Waals surface area contributed by atoms with Gasteiger partial charge in [-0.1, -0.05) is 33.1 Å². The molecular weight excluding hydrogens is 254 g/mol. The first kappa shape index (κ1) is 16.7. The van der Waals surface area contributed by atoms with E-state index < -0.39 is 0 Å². The molecule has 20 heavy (non-hydrogen) atoms. The van der Waals surface area contributed by atoms with Crippen LogP contribution >= 0.6 is 0 Å². The summed E-state index contributed by atoms with van der Waals surface area (Å²) in [4.78, 5) is 8.70. The summed E-state index contributed by atoms with van der Waals surface area (Å²) >= 11 is 0. The van der Waals surface area contributed by atoms with Crippen LogP contribution in [0.3, 0.4) is 0 Å². The van der Waals surface area contributed by atoms with E-state index in [-0.39, 0.29) is 0 Å². The molecule has 1 heterocycles. The Labute approximate surface area is 121 Å². The van der Waals surface area contributed by atoms with Gasteiger partial charge in [0, 0.05) is 19.2 Å². The summed E-state index contributed by atoms with van der Waals surface area (Å²) in [5.41, 5.74) is 2.57. The van der Waals surface area contributed by atoms with Crippen LogP contribution in [0.2, 0.25) is 0 Å². The average Bonchev–Trinajstić information content (AvgIpc) is 2.45. The van der Waals surface area contributed by atoms with E-state index >= 15 is 0 Å². The summed E-state index contributed by atoms with van der Waals surface area (Å²) in [6.07, 6.45) is 5.86. The fourth-order valence-corrected chi connectivity index (χ4v) is 2.14. The number of nitrogens with zero attached hydrogens (tertiary/aromatic N) is 2. The van der Waals surface area contributed by atoms with Crippen LogP contribution in [0.1, 0.15) is 51.8 Å². The summed E-state index contributed by atoms with van der Waals surface area (Å²) in [6, 6.07) is 2.27. The Bertz CT molecular complexity index is 386. The highest BCUT2D eigenvalue weighted by molar-refractivity contribution is 5.47. The van der Waals surface area contributed by atoms with Crippen LogP contribution < -0.4 is 16.6 Å². The van der Waals surface area contributed by atoms with E-state index in [2.05, 4.69) is 34.6 Å². The molecule has 0 radical (unpaired) electrons. The van der Waals surface area contributed by atoms with Gasteiger partial charge in [0.2, 0.25) is 0 Å². The number of hydrazine groups is 1. The number of nitrogen functional groups attached to an aromatic ring is 1. The highest BCUT2D eigenvalue weighted by Crippen LogP contribution is 2.16. The zero-order chi connectivity index (χ0) is 14.8. The van der Waals surface area contributed by atoms with E-state index in [1.807, 2.05) is 6.07 Å². The number of methoxy groups -OCH3 is 1. The number of nitrogens with one attached hydrogen (secondary N) is 2. The molecule has 6 nitrogen and oxygen atoms in total. The van der Waals surface area contributed by atoms with Gasteiger partial charge in [-0.3, -0.25) is 0 Å². The molecule has 0 bridgehead atoms. The van der Waals surface area contributed by atoms with Crippen molar-refractivity contribution in [1.29, 1.82) is 0 Å². The fourth-order valence-electron chi connectivity index (χ4n) is 2.14. The topological polar surface area (TPSA) is 85.1 Å². The second-order valence-corrected chi connectivity index (χ2v) is 4.90. The van der Waals surface area contributed by atoms with Gasteiger partial charge in [-0.25, -0.2) is 15.8 Å². The van der Waals surface area contributed by atoms with Crippen LogP contribution in [-0.2, 0) is 11.3 Å². The molecule has 1 aromatic heterocycles. The molecule has 1 atom stereocenters. The highest BCUT2D eigenvalue weighted by Gasteiger charge is 2.10. The monoisotopic (exact) mass is 281 g/mol. The molecule has 0 saturated heterocycles. The average molecular weight is 281 g/mol. The molecule has 114 valence electrons. The molecule has 0 aliphatic rings. The van der Waals surface area contributed by atoms with E-state index in [1.165, 1.54) is 12.8 Å². The van der Waals surface area contributed by atoms with Crippen molar-refractivity contribution >= 4 is 11.6 Å². The molecule has 1 unspecified atom stereocenters. The number of rotatable bonds is 10. The van der Waals surface area contributed by atoms with Gasteiger partial charge in [-0.15, -0.1) is 0 Å². The quantitative estimate of drug-likeness (QED) is 0.451. The molecule has 0 aromatic carbocycles. The molecule has 0 spiro atoms. The first-order chi connectivity index (χ1) is 9.73. The van der Waals surface area contributed by atoms with Crippen LogP contribution in [0.25, 0.3) is 0 Å². The largest absolute Gasteiger partial charge is 0.377 e. The van der Waals surface area contributed by atoms with Crippen molar-refractivity contribution in [3.8, 4) is 0 Å². The van der Waals surface area contributed by atoms with Crippen LogP contribution in [0.5, 0.6) is 0 Å². The third-order valence-corrected chi connectivity index (χ3v) is 3.09. The molecule has 4 N–H and O–H groups in total. The third kappa shape index (κ3) is 5.71. The lowest BCUT2D eigenvalue weighted by molar-refractivity contribution is 0.178. The lowest BCUT2D eigenvalue weighted by atomic mass is 10.1. The first-order valence-electron chi connectivity index (χ1n) is 7.33. The van der Waals surface area contributed by atoms with Crippen LogP contribution in [0.15, 0.2) is 6.07 Å². The Morgan fingerprint density at radius 3 is 2.55 bits per heavy atom. The number of aromatic nitrogens is 2. The third-order valence-electron chi connectivity index (χ3n) is 3.09. The minimum atomic E-state index is 0.373. The fraction of sp³-hybridized carbons (Fsp3) is 0.714. The predicted molar refractivity (Wildman–Crippen MR) is 82.4 cm³/mol. The number of hydrogen-bond acceptors (Lipinski definition) is 6. The lowest BCUT2D eigenvalue weighted by Crippen LogP contribution is -2.21. The lowest BCUT2D eigenvalue weighted by Gasteiger charge is -2.19. The Morgan fingerprint density at radius 1 is 1.20 bits per heavy atom. The van der Waals surface area contributed by atoms with Crippen molar-refractivity contribution in [1.82, 2.24) is 9.97 Å². The second kappa shape index (κ2) is 9.50. The number of ether oxygens (including phenoxy) is 1. The number of hydrogen-bond donors (Lipinski definition) is 3. The van der Waals surface area contributed by atoms with Crippen LogP contribution in [-0.4, -0.2) is 23.1 Å². The number of unbranched alkanes of at least 4 members (excludes halogenated alkanes) is 1. The van der Waals surface area contributed by atoms with E-state index in [9.17, 15) is 0 Å². The molecule has 1 rings (SSSR count). The zero-order valence-electron chi connectivity index (χ0n) is 12.8. The maximum Gasteiger partial charge on any atom is 0.158 e. The van der Waals surface area contributed by atoms with Crippen molar-refractivity contribution in [3.05, 3.63) is 11.9 Å². The molecule has 0 aliphatic heterocycles. The number of anilines is 2. The van der Waals surface area contributed by atoms with E-state index in [0.717, 1.165) is 25.1 Å². The first-order valence-corrected chi connectivity index (χ1v) is 7.33. The van der Waals surface area contributed by atoms with Crippen molar-refractivity contribution < 1.29 is 4.74 Å². The normalized spacial score (nSPS) is 12.2. The molecule has 0 aliphatic carbocycles. The maximum absolute atomic E-state index is 5.44.